The summed E-state index contributed by atoms with van der Waals surface area (Å²) in [5, 5.41) is 0. The highest BCUT2D eigenvalue weighted by molar-refractivity contribution is 5.53. The van der Waals surface area contributed by atoms with Crippen molar-refractivity contribution in [3.8, 4) is 0 Å². The second-order valence-corrected chi connectivity index (χ2v) is 4.44. The predicted octanol–water partition coefficient (Wildman–Crippen LogP) is 5.39. The van der Waals surface area contributed by atoms with Crippen molar-refractivity contribution in [3.05, 3.63) is 41.0 Å². The SMILES string of the molecule is CC(C)/C=C/c1cc(C(F)(F)F)cc(C(F)(F)F)c1. The van der Waals surface area contributed by atoms with Gasteiger partial charge >= 0.3 is 12.4 Å². The van der Waals surface area contributed by atoms with Crippen molar-refractivity contribution >= 4 is 6.08 Å². The van der Waals surface area contributed by atoms with Gasteiger partial charge in [0.1, 0.15) is 0 Å². The minimum atomic E-state index is -4.80. The van der Waals surface area contributed by atoms with Crippen molar-refractivity contribution in [1.29, 1.82) is 0 Å². The maximum absolute atomic E-state index is 12.5. The van der Waals surface area contributed by atoms with Crippen LogP contribution in [0.3, 0.4) is 0 Å². The van der Waals surface area contributed by atoms with Gasteiger partial charge in [-0.3, -0.25) is 0 Å². The molecule has 0 spiro atoms. The van der Waals surface area contributed by atoms with Gasteiger partial charge in [0.2, 0.25) is 0 Å². The summed E-state index contributed by atoms with van der Waals surface area (Å²) in [7, 11) is 0. The summed E-state index contributed by atoms with van der Waals surface area (Å²) in [6.07, 6.45) is -6.81. The number of allylic oxidation sites excluding steroid dienone is 1. The molecule has 1 aromatic carbocycles. The fraction of sp³-hybridized carbons (Fsp3) is 0.385. The van der Waals surface area contributed by atoms with Crippen LogP contribution in [0.1, 0.15) is 30.5 Å². The van der Waals surface area contributed by atoms with Crippen LogP contribution >= 0.6 is 0 Å². The minimum absolute atomic E-state index is 0.0314. The van der Waals surface area contributed by atoms with E-state index in [4.69, 9.17) is 0 Å². The Hall–Kier alpha value is -1.46. The van der Waals surface area contributed by atoms with Gasteiger partial charge in [0.25, 0.3) is 0 Å². The fourth-order valence-corrected chi connectivity index (χ4v) is 1.38. The number of alkyl halides is 6. The summed E-state index contributed by atoms with van der Waals surface area (Å²) in [4.78, 5) is 0. The van der Waals surface area contributed by atoms with Gasteiger partial charge in [0.05, 0.1) is 11.1 Å². The summed E-state index contributed by atoms with van der Waals surface area (Å²) in [5.74, 6) is 0.0314. The van der Waals surface area contributed by atoms with Crippen LogP contribution in [0, 0.1) is 5.92 Å². The van der Waals surface area contributed by atoms with Gasteiger partial charge in [0.15, 0.2) is 0 Å². The molecule has 19 heavy (non-hydrogen) atoms. The minimum Gasteiger partial charge on any atom is -0.166 e. The Labute approximate surface area is 106 Å². The maximum Gasteiger partial charge on any atom is 0.416 e. The second-order valence-electron chi connectivity index (χ2n) is 4.44. The molecule has 0 saturated heterocycles. The van der Waals surface area contributed by atoms with Crippen LogP contribution in [0.25, 0.3) is 6.08 Å². The molecule has 0 saturated carbocycles. The highest BCUT2D eigenvalue weighted by Gasteiger charge is 2.36. The topological polar surface area (TPSA) is 0 Å². The molecule has 0 N–H and O–H groups in total. The quantitative estimate of drug-likeness (QED) is 0.638. The lowest BCUT2D eigenvalue weighted by Gasteiger charge is -2.13. The molecule has 0 aromatic heterocycles. The van der Waals surface area contributed by atoms with Crippen molar-refractivity contribution < 1.29 is 26.3 Å². The molecule has 0 bridgehead atoms. The van der Waals surface area contributed by atoms with Crippen molar-refractivity contribution in [2.75, 3.05) is 0 Å². The number of rotatable bonds is 2. The molecule has 6 heteroatoms. The van der Waals surface area contributed by atoms with Crippen LogP contribution in [0.5, 0.6) is 0 Å². The lowest BCUT2D eigenvalue weighted by atomic mass is 10.0. The Morgan fingerprint density at radius 2 is 1.26 bits per heavy atom. The summed E-state index contributed by atoms with van der Waals surface area (Å²) < 4.78 is 75.3. The first-order chi connectivity index (χ1) is 8.50. The summed E-state index contributed by atoms with van der Waals surface area (Å²) in [6.45, 7) is 3.55. The van der Waals surface area contributed by atoms with Crippen LogP contribution in [0.15, 0.2) is 24.3 Å². The average Bonchev–Trinajstić information content (AvgIpc) is 2.23. The third-order valence-corrected chi connectivity index (χ3v) is 2.28. The molecule has 0 fully saturated rings. The molecule has 0 amide bonds. The predicted molar refractivity (Wildman–Crippen MR) is 60.3 cm³/mol. The van der Waals surface area contributed by atoms with Crippen LogP contribution < -0.4 is 0 Å². The number of benzene rings is 1. The van der Waals surface area contributed by atoms with E-state index in [1.54, 1.807) is 13.8 Å². The first kappa shape index (κ1) is 15.6. The van der Waals surface area contributed by atoms with Gasteiger partial charge in [0, 0.05) is 0 Å². The van der Waals surface area contributed by atoms with E-state index in [-0.39, 0.29) is 17.5 Å². The molecule has 1 aromatic rings. The van der Waals surface area contributed by atoms with Crippen molar-refractivity contribution in [2.24, 2.45) is 5.92 Å². The van der Waals surface area contributed by atoms with E-state index >= 15 is 0 Å². The van der Waals surface area contributed by atoms with E-state index in [0.29, 0.717) is 12.1 Å². The first-order valence-corrected chi connectivity index (χ1v) is 5.48. The number of hydrogen-bond acceptors (Lipinski definition) is 0. The molecular weight excluding hydrogens is 270 g/mol. The lowest BCUT2D eigenvalue weighted by molar-refractivity contribution is -0.143. The van der Waals surface area contributed by atoms with Gasteiger partial charge in [-0.05, 0) is 29.7 Å². The van der Waals surface area contributed by atoms with Gasteiger partial charge < -0.3 is 0 Å². The molecule has 0 unspecified atom stereocenters. The average molecular weight is 282 g/mol. The lowest BCUT2D eigenvalue weighted by Crippen LogP contribution is -2.11. The molecule has 1 rings (SSSR count). The zero-order chi connectivity index (χ0) is 14.8. The molecular formula is C13H12F6. The van der Waals surface area contributed by atoms with Crippen LogP contribution in [-0.4, -0.2) is 0 Å². The van der Waals surface area contributed by atoms with Gasteiger partial charge in [-0.1, -0.05) is 26.0 Å². The molecule has 0 radical (unpaired) electrons. The van der Waals surface area contributed by atoms with Crippen LogP contribution in [-0.2, 0) is 12.4 Å². The molecule has 0 nitrogen and oxygen atoms in total. The van der Waals surface area contributed by atoms with Crippen molar-refractivity contribution in [2.45, 2.75) is 26.2 Å². The Bertz CT molecular complexity index is 433. The highest BCUT2D eigenvalue weighted by atomic mass is 19.4. The smallest absolute Gasteiger partial charge is 0.166 e. The second kappa shape index (κ2) is 5.27. The Morgan fingerprint density at radius 3 is 1.58 bits per heavy atom. The van der Waals surface area contributed by atoms with Crippen molar-refractivity contribution in [3.63, 3.8) is 0 Å². The van der Waals surface area contributed by atoms with Crippen molar-refractivity contribution in [1.82, 2.24) is 0 Å². The zero-order valence-electron chi connectivity index (χ0n) is 10.2. The van der Waals surface area contributed by atoms with Crippen LogP contribution in [0.2, 0.25) is 0 Å². The summed E-state index contributed by atoms with van der Waals surface area (Å²) >= 11 is 0. The number of hydrogen-bond donors (Lipinski definition) is 0. The van der Waals surface area contributed by atoms with E-state index in [9.17, 15) is 26.3 Å². The maximum atomic E-state index is 12.5. The molecule has 0 aliphatic heterocycles. The van der Waals surface area contributed by atoms with Gasteiger partial charge in [-0.15, -0.1) is 0 Å². The summed E-state index contributed by atoms with van der Waals surface area (Å²) in [5.41, 5.74) is -2.72. The third kappa shape index (κ3) is 4.61. The summed E-state index contributed by atoms with van der Waals surface area (Å²) in [6, 6.07) is 1.52. The molecule has 0 heterocycles. The van der Waals surface area contributed by atoms with E-state index in [1.165, 1.54) is 12.2 Å². The van der Waals surface area contributed by atoms with E-state index in [1.807, 2.05) is 0 Å². The van der Waals surface area contributed by atoms with Gasteiger partial charge in [-0.25, -0.2) is 0 Å². The van der Waals surface area contributed by atoms with E-state index in [2.05, 4.69) is 0 Å². The Balaban J connectivity index is 3.33. The largest absolute Gasteiger partial charge is 0.416 e. The number of halogens is 6. The molecule has 106 valence electrons. The normalized spacial score (nSPS) is 13.5. The molecule has 0 atom stereocenters. The van der Waals surface area contributed by atoms with E-state index < -0.39 is 23.5 Å². The third-order valence-electron chi connectivity index (χ3n) is 2.28. The Kier molecular flexibility index (Phi) is 4.32. The monoisotopic (exact) mass is 282 g/mol. The van der Waals surface area contributed by atoms with Crippen LogP contribution in [0.4, 0.5) is 26.3 Å². The van der Waals surface area contributed by atoms with E-state index in [0.717, 1.165) is 0 Å². The molecule has 0 aliphatic rings. The standard InChI is InChI=1S/C13H12F6/c1-8(2)3-4-9-5-10(12(14,15)16)7-11(6-9)13(17,18)19/h3-8H,1-2H3/b4-3+. The first-order valence-electron chi connectivity index (χ1n) is 5.48. The van der Waals surface area contributed by atoms with Gasteiger partial charge in [-0.2, -0.15) is 26.3 Å². The molecule has 0 aliphatic carbocycles. The highest BCUT2D eigenvalue weighted by Crippen LogP contribution is 2.36. The zero-order valence-corrected chi connectivity index (χ0v) is 10.2. The Morgan fingerprint density at radius 1 is 0.842 bits per heavy atom. The fourth-order valence-electron chi connectivity index (χ4n) is 1.38.